The molecule has 0 unspecified atom stereocenters. The maximum Gasteiger partial charge on any atom is 0.335 e. The molecule has 2 aromatic heterocycles. The second-order valence-corrected chi connectivity index (χ2v) is 11.7. The van der Waals surface area contributed by atoms with Crippen molar-refractivity contribution in [2.24, 2.45) is 0 Å². The minimum Gasteiger partial charge on any atom is -0.478 e. The van der Waals surface area contributed by atoms with E-state index < -0.39 is 53.6 Å². The Labute approximate surface area is 275 Å². The van der Waals surface area contributed by atoms with Crippen molar-refractivity contribution in [2.75, 3.05) is 0 Å². The summed E-state index contributed by atoms with van der Waals surface area (Å²) in [7, 11) is 0. The number of nitrogens with one attached hydrogen (secondary N) is 2. The van der Waals surface area contributed by atoms with E-state index in [9.17, 15) is 37.5 Å². The molecule has 0 spiro atoms. The lowest BCUT2D eigenvalue weighted by Gasteiger charge is -2.16. The number of rotatable bonds is 9. The van der Waals surface area contributed by atoms with Gasteiger partial charge in [0.2, 0.25) is 0 Å². The number of Topliss-reactive ketones (excluding diaryl/α,β-unsaturated/α-hetero) is 1. The standard InChI is InChI=1S/C34H25ClF3N5O5/c1-16-19-8-9-26(21(19)7-6-20(16)34(47)48)42-33(46)28-13-27(32(45)39-14-17-10-24(36)30(38)25(37)11-17)41-31-22(15-40-43(28)31)29(44)12-18-4-2-3-5-23(18)35/h2-7,10-11,13,15,26H,8-9,12,14H2,1H3,(H,39,45)(H,42,46)(H,47,48)/t26-/m0/s1. The highest BCUT2D eigenvalue weighted by atomic mass is 35.5. The number of aromatic carboxylic acids is 1. The van der Waals surface area contributed by atoms with Gasteiger partial charge in [0.1, 0.15) is 11.4 Å². The number of halogens is 4. The summed E-state index contributed by atoms with van der Waals surface area (Å²) in [6.45, 7) is 1.30. The van der Waals surface area contributed by atoms with Crippen LogP contribution >= 0.6 is 11.6 Å². The highest BCUT2D eigenvalue weighted by Gasteiger charge is 2.30. The first-order valence-corrected chi connectivity index (χ1v) is 15.0. The fourth-order valence-electron chi connectivity index (χ4n) is 5.82. The number of carbonyl (C=O) groups is 4. The smallest absolute Gasteiger partial charge is 0.335 e. The lowest BCUT2D eigenvalue weighted by Crippen LogP contribution is -2.31. The first-order chi connectivity index (χ1) is 22.9. The van der Waals surface area contributed by atoms with Crippen molar-refractivity contribution in [1.82, 2.24) is 25.2 Å². The topological polar surface area (TPSA) is 143 Å². The predicted octanol–water partition coefficient (Wildman–Crippen LogP) is 5.58. The molecular weight excluding hydrogens is 651 g/mol. The minimum absolute atomic E-state index is 0.00401. The molecular formula is C34H25ClF3N5O5. The van der Waals surface area contributed by atoms with Crippen molar-refractivity contribution >= 4 is 40.8 Å². The second kappa shape index (κ2) is 12.9. The third-order valence-corrected chi connectivity index (χ3v) is 8.64. The Hall–Kier alpha value is -5.56. The lowest BCUT2D eigenvalue weighted by atomic mass is 9.98. The Morgan fingerprint density at radius 2 is 1.73 bits per heavy atom. The van der Waals surface area contributed by atoms with Gasteiger partial charge in [0.15, 0.2) is 28.9 Å². The molecule has 2 heterocycles. The molecule has 10 nitrogen and oxygen atoms in total. The first kappa shape index (κ1) is 32.4. The summed E-state index contributed by atoms with van der Waals surface area (Å²) in [5.74, 6) is -7.52. The van der Waals surface area contributed by atoms with Crippen molar-refractivity contribution in [3.8, 4) is 0 Å². The summed E-state index contributed by atoms with van der Waals surface area (Å²) >= 11 is 6.25. The number of ketones is 1. The number of carboxylic acids is 1. The van der Waals surface area contributed by atoms with E-state index in [0.717, 1.165) is 33.8 Å². The number of amides is 2. The van der Waals surface area contributed by atoms with Gasteiger partial charge >= 0.3 is 5.97 Å². The third kappa shape index (κ3) is 6.11. The molecule has 0 bridgehead atoms. The van der Waals surface area contributed by atoms with Gasteiger partial charge in [-0.3, -0.25) is 14.4 Å². The van der Waals surface area contributed by atoms with Crippen molar-refractivity contribution < 1.29 is 37.5 Å². The second-order valence-electron chi connectivity index (χ2n) is 11.2. The molecule has 1 atom stereocenters. The molecule has 1 aliphatic rings. The highest BCUT2D eigenvalue weighted by molar-refractivity contribution is 6.31. The summed E-state index contributed by atoms with van der Waals surface area (Å²) in [6.07, 6.45) is 2.11. The van der Waals surface area contributed by atoms with E-state index in [-0.39, 0.29) is 40.1 Å². The van der Waals surface area contributed by atoms with Crippen molar-refractivity contribution in [3.63, 3.8) is 0 Å². The monoisotopic (exact) mass is 675 g/mol. The lowest BCUT2D eigenvalue weighted by molar-refractivity contribution is 0.0695. The molecule has 3 N–H and O–H groups in total. The van der Waals surface area contributed by atoms with Gasteiger partial charge in [0.25, 0.3) is 11.8 Å². The van der Waals surface area contributed by atoms with Crippen LogP contribution in [0.4, 0.5) is 13.2 Å². The fraction of sp³-hybridized carbons (Fsp3) is 0.176. The van der Waals surface area contributed by atoms with Crippen LogP contribution in [0.15, 0.2) is 60.8 Å². The Morgan fingerprint density at radius 1 is 1.00 bits per heavy atom. The fourth-order valence-corrected chi connectivity index (χ4v) is 6.03. The molecule has 5 aromatic rings. The Balaban J connectivity index is 1.35. The van der Waals surface area contributed by atoms with Crippen LogP contribution in [0.2, 0.25) is 5.02 Å². The molecule has 0 saturated heterocycles. The SMILES string of the molecule is Cc1c(C(=O)O)ccc2c1CC[C@@H]2NC(=O)c1cc(C(=O)NCc2cc(F)c(F)c(F)c2)nc2c(C(=O)Cc3ccccc3Cl)cnn12. The number of carbonyl (C=O) groups excluding carboxylic acids is 3. The molecule has 0 saturated carbocycles. The van der Waals surface area contributed by atoms with E-state index in [1.165, 1.54) is 12.3 Å². The highest BCUT2D eigenvalue weighted by Crippen LogP contribution is 2.35. The quantitative estimate of drug-likeness (QED) is 0.137. The van der Waals surface area contributed by atoms with Gasteiger partial charge in [0, 0.05) is 24.1 Å². The van der Waals surface area contributed by atoms with Crippen LogP contribution in [-0.4, -0.2) is 43.3 Å². The van der Waals surface area contributed by atoms with Gasteiger partial charge in [-0.1, -0.05) is 35.9 Å². The van der Waals surface area contributed by atoms with Crippen LogP contribution in [0.3, 0.4) is 0 Å². The number of fused-ring (bicyclic) bond motifs is 2. The zero-order chi connectivity index (χ0) is 34.3. The van der Waals surface area contributed by atoms with Gasteiger partial charge < -0.3 is 15.7 Å². The molecule has 3 aromatic carbocycles. The van der Waals surface area contributed by atoms with Gasteiger partial charge in [-0.05, 0) is 71.8 Å². The number of benzene rings is 3. The van der Waals surface area contributed by atoms with Gasteiger partial charge in [0.05, 0.1) is 23.4 Å². The maximum absolute atomic E-state index is 13.8. The Kier molecular flexibility index (Phi) is 8.71. The normalized spacial score (nSPS) is 13.7. The maximum atomic E-state index is 13.8. The van der Waals surface area contributed by atoms with Crippen molar-refractivity contribution in [1.29, 1.82) is 0 Å². The molecule has 1 aliphatic carbocycles. The van der Waals surface area contributed by atoms with Crippen LogP contribution < -0.4 is 10.6 Å². The van der Waals surface area contributed by atoms with E-state index >= 15 is 0 Å². The van der Waals surface area contributed by atoms with E-state index in [2.05, 4.69) is 20.7 Å². The summed E-state index contributed by atoms with van der Waals surface area (Å²) in [5, 5.41) is 19.5. The van der Waals surface area contributed by atoms with Gasteiger partial charge in [-0.2, -0.15) is 5.10 Å². The summed E-state index contributed by atoms with van der Waals surface area (Å²) in [6, 6.07) is 12.0. The first-order valence-electron chi connectivity index (χ1n) is 14.7. The van der Waals surface area contributed by atoms with Crippen molar-refractivity contribution in [2.45, 2.75) is 38.8 Å². The number of hydrogen-bond donors (Lipinski definition) is 3. The third-order valence-electron chi connectivity index (χ3n) is 8.27. The molecule has 14 heteroatoms. The number of nitrogens with zero attached hydrogens (tertiary/aromatic N) is 3. The summed E-state index contributed by atoms with van der Waals surface area (Å²) < 4.78 is 42.0. The minimum atomic E-state index is -1.65. The van der Waals surface area contributed by atoms with E-state index in [4.69, 9.17) is 11.6 Å². The summed E-state index contributed by atoms with van der Waals surface area (Å²) in [4.78, 5) is 56.5. The molecule has 244 valence electrons. The molecule has 0 radical (unpaired) electrons. The van der Waals surface area contributed by atoms with Gasteiger partial charge in [-0.15, -0.1) is 0 Å². The zero-order valence-corrected chi connectivity index (χ0v) is 25.9. The average molecular weight is 676 g/mol. The van der Waals surface area contributed by atoms with Crippen LogP contribution in [0.25, 0.3) is 5.65 Å². The molecule has 48 heavy (non-hydrogen) atoms. The van der Waals surface area contributed by atoms with Crippen LogP contribution in [0.5, 0.6) is 0 Å². The molecule has 0 fully saturated rings. The zero-order valence-electron chi connectivity index (χ0n) is 25.1. The molecule has 0 aliphatic heterocycles. The van der Waals surface area contributed by atoms with E-state index in [0.29, 0.717) is 29.0 Å². The number of aromatic nitrogens is 3. The summed E-state index contributed by atoms with van der Waals surface area (Å²) in [5.41, 5.74) is 2.27. The number of carboxylic acid groups (broad SMARTS) is 1. The molecule has 6 rings (SSSR count). The average Bonchev–Trinajstić information content (AvgIpc) is 3.68. The Morgan fingerprint density at radius 3 is 2.44 bits per heavy atom. The van der Waals surface area contributed by atoms with Crippen molar-refractivity contribution in [3.05, 3.63) is 134 Å². The van der Waals surface area contributed by atoms with E-state index in [1.54, 1.807) is 37.3 Å². The largest absolute Gasteiger partial charge is 0.478 e. The molecule has 2 amide bonds. The van der Waals surface area contributed by atoms with Crippen LogP contribution in [0.1, 0.15) is 82.0 Å². The van der Waals surface area contributed by atoms with Crippen LogP contribution in [-0.2, 0) is 19.4 Å². The van der Waals surface area contributed by atoms with Gasteiger partial charge in [-0.25, -0.2) is 27.5 Å². The van der Waals surface area contributed by atoms with E-state index in [1.807, 2.05) is 0 Å². The predicted molar refractivity (Wildman–Crippen MR) is 167 cm³/mol. The Bertz CT molecular complexity index is 2150. The van der Waals surface area contributed by atoms with Crippen LogP contribution in [0, 0.1) is 24.4 Å². The number of hydrogen-bond acceptors (Lipinski definition) is 6.